The normalized spacial score (nSPS) is 11.8. The van der Waals surface area contributed by atoms with Crippen LogP contribution in [0.3, 0.4) is 0 Å². The Kier molecular flexibility index (Phi) is 6.71. The van der Waals surface area contributed by atoms with Crippen LogP contribution in [-0.2, 0) is 0 Å². The lowest BCUT2D eigenvalue weighted by Crippen LogP contribution is -2.45. The molecule has 1 aromatic carbocycles. The third-order valence-corrected chi connectivity index (χ3v) is 4.30. The van der Waals surface area contributed by atoms with Crippen molar-refractivity contribution in [3.05, 3.63) is 32.7 Å². The summed E-state index contributed by atoms with van der Waals surface area (Å²) >= 11 is 6.48. The van der Waals surface area contributed by atoms with Crippen LogP contribution in [0, 0.1) is 0 Å². The summed E-state index contributed by atoms with van der Waals surface area (Å²) in [5.74, 6) is -0.611. The Labute approximate surface area is 139 Å². The molecule has 0 aliphatic carbocycles. The predicted molar refractivity (Wildman–Crippen MR) is 83.3 cm³/mol. The summed E-state index contributed by atoms with van der Waals surface area (Å²) in [6, 6.07) is 4.36. The number of hydrogen-bond donors (Lipinski definition) is 0. The van der Waals surface area contributed by atoms with Crippen molar-refractivity contribution in [2.75, 3.05) is 6.54 Å². The van der Waals surface area contributed by atoms with E-state index in [2.05, 4.69) is 31.9 Å². The second kappa shape index (κ2) is 7.63. The van der Waals surface area contributed by atoms with Gasteiger partial charge in [0.05, 0.1) is 5.56 Å². The lowest BCUT2D eigenvalue weighted by molar-refractivity contribution is -0.144. The van der Waals surface area contributed by atoms with E-state index < -0.39 is 24.7 Å². The van der Waals surface area contributed by atoms with Crippen LogP contribution in [0.4, 0.5) is 13.2 Å². The van der Waals surface area contributed by atoms with Gasteiger partial charge in [-0.05, 0) is 47.0 Å². The van der Waals surface area contributed by atoms with Gasteiger partial charge in [0, 0.05) is 15.0 Å². The Morgan fingerprint density at radius 2 is 1.81 bits per heavy atom. The standard InChI is InChI=1S/C14H16Br2F3NO/c1-3-10(4-2)20(8-14(17,18)19)13(21)11-6-5-9(15)7-12(11)16/h5-7,10H,3-4,8H2,1-2H3. The molecule has 0 aliphatic rings. The van der Waals surface area contributed by atoms with Crippen LogP contribution < -0.4 is 0 Å². The van der Waals surface area contributed by atoms with Crippen molar-refractivity contribution in [3.8, 4) is 0 Å². The SMILES string of the molecule is CCC(CC)N(CC(F)(F)F)C(=O)c1ccc(Br)cc1Br. The molecule has 0 saturated carbocycles. The van der Waals surface area contributed by atoms with Crippen molar-refractivity contribution < 1.29 is 18.0 Å². The minimum absolute atomic E-state index is 0.231. The molecule has 0 aliphatic heterocycles. The van der Waals surface area contributed by atoms with Crippen LogP contribution in [-0.4, -0.2) is 29.6 Å². The summed E-state index contributed by atoms with van der Waals surface area (Å²) < 4.78 is 39.5. The Morgan fingerprint density at radius 1 is 1.24 bits per heavy atom. The summed E-state index contributed by atoms with van der Waals surface area (Å²) in [7, 11) is 0. The van der Waals surface area contributed by atoms with Crippen LogP contribution in [0.25, 0.3) is 0 Å². The van der Waals surface area contributed by atoms with Crippen molar-refractivity contribution in [1.82, 2.24) is 4.90 Å². The molecule has 0 saturated heterocycles. The fourth-order valence-electron chi connectivity index (χ4n) is 2.11. The first-order valence-corrected chi connectivity index (χ1v) is 8.11. The molecule has 118 valence electrons. The molecule has 0 atom stereocenters. The van der Waals surface area contributed by atoms with Crippen LogP contribution >= 0.6 is 31.9 Å². The number of carbonyl (C=O) groups excluding carboxylic acids is 1. The number of benzene rings is 1. The second-order valence-electron chi connectivity index (χ2n) is 4.64. The number of amides is 1. The lowest BCUT2D eigenvalue weighted by atomic mass is 10.1. The van der Waals surface area contributed by atoms with Gasteiger partial charge >= 0.3 is 6.18 Å². The Balaban J connectivity index is 3.15. The molecule has 0 bridgehead atoms. The topological polar surface area (TPSA) is 20.3 Å². The van der Waals surface area contributed by atoms with Gasteiger partial charge in [-0.15, -0.1) is 0 Å². The highest BCUT2D eigenvalue weighted by Gasteiger charge is 2.36. The molecular formula is C14H16Br2F3NO. The van der Waals surface area contributed by atoms with Crippen molar-refractivity contribution in [2.45, 2.75) is 38.9 Å². The van der Waals surface area contributed by atoms with Gasteiger partial charge < -0.3 is 4.90 Å². The number of hydrogen-bond acceptors (Lipinski definition) is 1. The quantitative estimate of drug-likeness (QED) is 0.611. The zero-order chi connectivity index (χ0) is 16.2. The van der Waals surface area contributed by atoms with E-state index in [0.717, 1.165) is 9.37 Å². The zero-order valence-corrected chi connectivity index (χ0v) is 14.8. The summed E-state index contributed by atoms with van der Waals surface area (Å²) in [6.07, 6.45) is -3.46. The predicted octanol–water partition coefficient (Wildman–Crippen LogP) is 5.40. The Hall–Kier alpha value is -0.560. The van der Waals surface area contributed by atoms with Crippen molar-refractivity contribution >= 4 is 37.8 Å². The highest BCUT2D eigenvalue weighted by Crippen LogP contribution is 2.27. The molecule has 0 radical (unpaired) electrons. The smallest absolute Gasteiger partial charge is 0.327 e. The van der Waals surface area contributed by atoms with E-state index in [0.29, 0.717) is 17.3 Å². The molecule has 7 heteroatoms. The maximum atomic E-state index is 12.8. The molecular weight excluding hydrogens is 415 g/mol. The summed E-state index contributed by atoms with van der Waals surface area (Å²) in [6.45, 7) is 2.32. The number of alkyl halides is 3. The average molecular weight is 431 g/mol. The van der Waals surface area contributed by atoms with Gasteiger partial charge in [0.15, 0.2) is 0 Å². The molecule has 1 rings (SSSR count). The van der Waals surface area contributed by atoms with Gasteiger partial charge in [-0.2, -0.15) is 13.2 Å². The highest BCUT2D eigenvalue weighted by atomic mass is 79.9. The molecule has 1 amide bonds. The van der Waals surface area contributed by atoms with Crippen LogP contribution in [0.2, 0.25) is 0 Å². The highest BCUT2D eigenvalue weighted by molar-refractivity contribution is 9.11. The molecule has 21 heavy (non-hydrogen) atoms. The number of carbonyl (C=O) groups is 1. The van der Waals surface area contributed by atoms with E-state index in [4.69, 9.17) is 0 Å². The molecule has 1 aromatic rings. The Morgan fingerprint density at radius 3 is 2.24 bits per heavy atom. The lowest BCUT2D eigenvalue weighted by Gasteiger charge is -2.31. The summed E-state index contributed by atoms with van der Waals surface area (Å²) in [4.78, 5) is 13.4. The fourth-order valence-corrected chi connectivity index (χ4v) is 3.32. The van der Waals surface area contributed by atoms with Gasteiger partial charge in [-0.25, -0.2) is 0 Å². The van der Waals surface area contributed by atoms with Crippen LogP contribution in [0.5, 0.6) is 0 Å². The van der Waals surface area contributed by atoms with Gasteiger partial charge in [0.1, 0.15) is 6.54 Å². The first-order chi connectivity index (χ1) is 9.69. The van der Waals surface area contributed by atoms with Crippen molar-refractivity contribution in [3.63, 3.8) is 0 Å². The molecule has 0 N–H and O–H groups in total. The molecule has 0 aromatic heterocycles. The number of nitrogens with zero attached hydrogens (tertiary/aromatic N) is 1. The largest absolute Gasteiger partial charge is 0.406 e. The minimum Gasteiger partial charge on any atom is -0.327 e. The monoisotopic (exact) mass is 429 g/mol. The third kappa shape index (κ3) is 5.29. The van der Waals surface area contributed by atoms with E-state index in [1.165, 1.54) is 6.07 Å². The van der Waals surface area contributed by atoms with E-state index >= 15 is 0 Å². The van der Waals surface area contributed by atoms with Crippen molar-refractivity contribution in [1.29, 1.82) is 0 Å². The van der Waals surface area contributed by atoms with Crippen LogP contribution in [0.15, 0.2) is 27.1 Å². The van der Waals surface area contributed by atoms with Gasteiger partial charge in [-0.1, -0.05) is 29.8 Å². The van der Waals surface area contributed by atoms with Gasteiger partial charge in [0.25, 0.3) is 5.91 Å². The van der Waals surface area contributed by atoms with Crippen LogP contribution in [0.1, 0.15) is 37.0 Å². The van der Waals surface area contributed by atoms with Crippen molar-refractivity contribution in [2.24, 2.45) is 0 Å². The van der Waals surface area contributed by atoms with Gasteiger partial charge in [0.2, 0.25) is 0 Å². The summed E-state index contributed by atoms with van der Waals surface area (Å²) in [5.41, 5.74) is 0.231. The average Bonchev–Trinajstić information content (AvgIpc) is 2.37. The second-order valence-corrected chi connectivity index (χ2v) is 6.41. The number of halogens is 5. The van der Waals surface area contributed by atoms with Gasteiger partial charge in [-0.3, -0.25) is 4.79 Å². The van der Waals surface area contributed by atoms with E-state index in [1.807, 2.05) is 0 Å². The Bertz CT molecular complexity index is 501. The third-order valence-electron chi connectivity index (χ3n) is 3.16. The van der Waals surface area contributed by atoms with E-state index in [1.54, 1.807) is 26.0 Å². The maximum Gasteiger partial charge on any atom is 0.406 e. The van der Waals surface area contributed by atoms with E-state index in [-0.39, 0.29) is 5.56 Å². The molecule has 2 nitrogen and oxygen atoms in total. The fraction of sp³-hybridized carbons (Fsp3) is 0.500. The first-order valence-electron chi connectivity index (χ1n) is 6.52. The first kappa shape index (κ1) is 18.5. The van der Waals surface area contributed by atoms with E-state index in [9.17, 15) is 18.0 Å². The zero-order valence-electron chi connectivity index (χ0n) is 11.7. The molecule has 0 fully saturated rings. The molecule has 0 spiro atoms. The minimum atomic E-state index is -4.42. The number of rotatable bonds is 5. The summed E-state index contributed by atoms with van der Waals surface area (Å²) in [5, 5.41) is 0. The maximum absolute atomic E-state index is 12.8. The molecule has 0 unspecified atom stereocenters. The molecule has 0 heterocycles.